The minimum absolute atomic E-state index is 0.0879. The Morgan fingerprint density at radius 3 is 2.00 bits per heavy atom. The molecule has 2 amide bonds. The summed E-state index contributed by atoms with van der Waals surface area (Å²) in [4.78, 5) is 39.4. The van der Waals surface area contributed by atoms with Crippen molar-refractivity contribution in [2.24, 2.45) is 5.92 Å². The number of esters is 1. The van der Waals surface area contributed by atoms with Gasteiger partial charge in [-0.05, 0) is 50.7 Å². The monoisotopic (exact) mass is 542 g/mol. The number of nitrogens with one attached hydrogen (secondary N) is 2. The zero-order valence-electron chi connectivity index (χ0n) is 23.8. The van der Waals surface area contributed by atoms with Crippen molar-refractivity contribution < 1.29 is 33.3 Å². The zero-order valence-corrected chi connectivity index (χ0v) is 23.8. The van der Waals surface area contributed by atoms with Gasteiger partial charge in [-0.3, -0.25) is 4.79 Å². The van der Waals surface area contributed by atoms with Gasteiger partial charge in [0.05, 0.1) is 6.04 Å². The summed E-state index contributed by atoms with van der Waals surface area (Å²) in [6.07, 6.45) is -1.24. The van der Waals surface area contributed by atoms with Crippen LogP contribution in [0.4, 0.5) is 4.79 Å². The number of methoxy groups -OCH3 is 1. The SMILES string of the molecule is COCO[C@H](C(=O)N[C@@H](CC(C)C)C(=O)OCc1ccccc1)[C@@H](Cc1ccccc1)NC(=O)OC(C)(C)C. The number of carbonyl (C=O) groups excluding carboxylic acids is 3. The number of amides is 2. The third-order valence-electron chi connectivity index (χ3n) is 5.52. The number of rotatable bonds is 14. The Morgan fingerprint density at radius 2 is 1.46 bits per heavy atom. The van der Waals surface area contributed by atoms with Crippen molar-refractivity contribution in [3.63, 3.8) is 0 Å². The Kier molecular flexibility index (Phi) is 12.9. The smallest absolute Gasteiger partial charge is 0.407 e. The molecule has 0 heterocycles. The highest BCUT2D eigenvalue weighted by Gasteiger charge is 2.35. The van der Waals surface area contributed by atoms with Crippen molar-refractivity contribution in [3.8, 4) is 0 Å². The maximum Gasteiger partial charge on any atom is 0.407 e. The third kappa shape index (κ3) is 12.3. The predicted octanol–water partition coefficient (Wildman–Crippen LogP) is 4.39. The molecule has 0 spiro atoms. The summed E-state index contributed by atoms with van der Waals surface area (Å²) < 4.78 is 21.8. The highest BCUT2D eigenvalue weighted by molar-refractivity contribution is 5.88. The van der Waals surface area contributed by atoms with E-state index in [9.17, 15) is 14.4 Å². The molecule has 0 aliphatic heterocycles. The van der Waals surface area contributed by atoms with E-state index in [1.807, 2.05) is 74.5 Å². The molecule has 0 fully saturated rings. The Bertz CT molecular complexity index is 1020. The van der Waals surface area contributed by atoms with Crippen molar-refractivity contribution in [2.75, 3.05) is 13.9 Å². The first-order valence-corrected chi connectivity index (χ1v) is 13.1. The van der Waals surface area contributed by atoms with Crippen molar-refractivity contribution in [1.29, 1.82) is 0 Å². The normalized spacial score (nSPS) is 13.7. The number of hydrogen-bond acceptors (Lipinski definition) is 7. The molecule has 0 aliphatic rings. The average Bonchev–Trinajstić information content (AvgIpc) is 2.87. The van der Waals surface area contributed by atoms with Crippen LogP contribution in [-0.4, -0.2) is 55.7 Å². The second-order valence-electron chi connectivity index (χ2n) is 10.7. The van der Waals surface area contributed by atoms with Crippen molar-refractivity contribution in [1.82, 2.24) is 10.6 Å². The molecule has 39 heavy (non-hydrogen) atoms. The first kappa shape index (κ1) is 31.8. The average molecular weight is 543 g/mol. The Hall–Kier alpha value is -3.43. The van der Waals surface area contributed by atoms with Crippen LogP contribution in [0.25, 0.3) is 0 Å². The van der Waals surface area contributed by atoms with Crippen LogP contribution in [-0.2, 0) is 41.6 Å². The van der Waals surface area contributed by atoms with Gasteiger partial charge in [0, 0.05) is 7.11 Å². The lowest BCUT2D eigenvalue weighted by Crippen LogP contribution is -2.56. The molecule has 0 aliphatic carbocycles. The molecule has 0 radical (unpaired) electrons. The zero-order chi connectivity index (χ0) is 28.8. The molecule has 0 unspecified atom stereocenters. The summed E-state index contributed by atoms with van der Waals surface area (Å²) in [7, 11) is 1.44. The molecule has 0 aromatic heterocycles. The number of ether oxygens (including phenoxy) is 4. The van der Waals surface area contributed by atoms with E-state index in [0.29, 0.717) is 6.42 Å². The van der Waals surface area contributed by atoms with Crippen LogP contribution in [0, 0.1) is 5.92 Å². The lowest BCUT2D eigenvalue weighted by Gasteiger charge is -2.30. The van der Waals surface area contributed by atoms with Gasteiger partial charge in [0.15, 0.2) is 6.10 Å². The number of benzene rings is 2. The van der Waals surface area contributed by atoms with Crippen LogP contribution < -0.4 is 10.6 Å². The van der Waals surface area contributed by atoms with Crippen molar-refractivity contribution in [3.05, 3.63) is 71.8 Å². The Morgan fingerprint density at radius 1 is 0.872 bits per heavy atom. The second-order valence-corrected chi connectivity index (χ2v) is 10.7. The van der Waals surface area contributed by atoms with E-state index in [1.165, 1.54) is 7.11 Å². The summed E-state index contributed by atoms with van der Waals surface area (Å²) in [6, 6.07) is 17.0. The summed E-state index contributed by atoms with van der Waals surface area (Å²) in [5.74, 6) is -1.03. The largest absolute Gasteiger partial charge is 0.459 e. The molecular formula is C30H42N2O7. The van der Waals surface area contributed by atoms with E-state index < -0.39 is 41.8 Å². The van der Waals surface area contributed by atoms with E-state index in [2.05, 4.69) is 10.6 Å². The van der Waals surface area contributed by atoms with E-state index in [1.54, 1.807) is 20.8 Å². The molecule has 9 heteroatoms. The third-order valence-corrected chi connectivity index (χ3v) is 5.52. The van der Waals surface area contributed by atoms with Crippen molar-refractivity contribution in [2.45, 2.75) is 77.9 Å². The fourth-order valence-electron chi connectivity index (χ4n) is 3.85. The van der Waals surface area contributed by atoms with Gasteiger partial charge < -0.3 is 29.6 Å². The summed E-state index contributed by atoms with van der Waals surface area (Å²) in [5.41, 5.74) is 0.974. The summed E-state index contributed by atoms with van der Waals surface area (Å²) in [5, 5.41) is 5.58. The molecule has 3 atom stereocenters. The highest BCUT2D eigenvalue weighted by Crippen LogP contribution is 2.15. The maximum atomic E-state index is 13.6. The lowest BCUT2D eigenvalue weighted by molar-refractivity contribution is -0.154. The molecule has 0 saturated heterocycles. The van der Waals surface area contributed by atoms with Gasteiger partial charge in [0.25, 0.3) is 5.91 Å². The van der Waals surface area contributed by atoms with Gasteiger partial charge in [-0.25, -0.2) is 9.59 Å². The quantitative estimate of drug-likeness (QED) is 0.269. The van der Waals surface area contributed by atoms with Crippen LogP contribution in [0.2, 0.25) is 0 Å². The molecule has 2 aromatic rings. The van der Waals surface area contributed by atoms with Gasteiger partial charge in [-0.1, -0.05) is 74.5 Å². The van der Waals surface area contributed by atoms with Crippen molar-refractivity contribution >= 4 is 18.0 Å². The first-order chi connectivity index (χ1) is 18.5. The number of hydrogen-bond donors (Lipinski definition) is 2. The van der Waals surface area contributed by atoms with Gasteiger partial charge in [-0.15, -0.1) is 0 Å². The summed E-state index contributed by atoms with van der Waals surface area (Å²) >= 11 is 0. The minimum Gasteiger partial charge on any atom is -0.459 e. The topological polar surface area (TPSA) is 112 Å². The minimum atomic E-state index is -1.19. The van der Waals surface area contributed by atoms with Crippen LogP contribution in [0.5, 0.6) is 0 Å². The number of carbonyl (C=O) groups is 3. The Labute approximate surface area is 231 Å². The van der Waals surface area contributed by atoms with Gasteiger partial charge in [0.2, 0.25) is 0 Å². The highest BCUT2D eigenvalue weighted by atomic mass is 16.7. The molecule has 214 valence electrons. The van der Waals surface area contributed by atoms with E-state index in [0.717, 1.165) is 11.1 Å². The Balaban J connectivity index is 2.26. The maximum absolute atomic E-state index is 13.6. The fourth-order valence-corrected chi connectivity index (χ4v) is 3.85. The van der Waals surface area contributed by atoms with Gasteiger partial charge in [0.1, 0.15) is 25.0 Å². The molecule has 9 nitrogen and oxygen atoms in total. The van der Waals surface area contributed by atoms with E-state index in [-0.39, 0.29) is 25.7 Å². The van der Waals surface area contributed by atoms with Crippen LogP contribution >= 0.6 is 0 Å². The van der Waals surface area contributed by atoms with Crippen LogP contribution in [0.1, 0.15) is 52.2 Å². The molecule has 2 aromatic carbocycles. The van der Waals surface area contributed by atoms with E-state index in [4.69, 9.17) is 18.9 Å². The lowest BCUT2D eigenvalue weighted by atomic mass is 9.99. The van der Waals surface area contributed by atoms with Gasteiger partial charge >= 0.3 is 12.1 Å². The molecule has 2 rings (SSSR count). The molecule has 0 bridgehead atoms. The second kappa shape index (κ2) is 15.9. The molecule has 0 saturated carbocycles. The fraction of sp³-hybridized carbons (Fsp3) is 0.500. The predicted molar refractivity (Wildman–Crippen MR) is 148 cm³/mol. The van der Waals surface area contributed by atoms with Crippen LogP contribution in [0.15, 0.2) is 60.7 Å². The summed E-state index contributed by atoms with van der Waals surface area (Å²) in [6.45, 7) is 9.04. The first-order valence-electron chi connectivity index (χ1n) is 13.1. The molecular weight excluding hydrogens is 500 g/mol. The van der Waals surface area contributed by atoms with E-state index >= 15 is 0 Å². The standard InChI is InChI=1S/C30H42N2O7/c1-21(2)17-25(28(34)37-19-23-15-11-8-12-16-23)31-27(33)26(38-20-36-6)24(18-22-13-9-7-10-14-22)32-29(35)39-30(3,4)5/h7-16,21,24-26H,17-20H2,1-6H3,(H,31,33)(H,32,35)/t24-,25+,26+/m1/s1. The van der Waals surface area contributed by atoms with Gasteiger partial charge in [-0.2, -0.15) is 0 Å². The molecule has 2 N–H and O–H groups in total. The van der Waals surface area contributed by atoms with Crippen LogP contribution in [0.3, 0.4) is 0 Å². The number of alkyl carbamates (subject to hydrolysis) is 1.